The van der Waals surface area contributed by atoms with Crippen molar-refractivity contribution in [3.8, 4) is 0 Å². The number of carbonyl (C=O) groups excluding carboxylic acids is 1. The van der Waals surface area contributed by atoms with E-state index in [2.05, 4.69) is 5.32 Å². The maximum Gasteiger partial charge on any atom is 0.256 e. The molecule has 0 aliphatic carbocycles. The van der Waals surface area contributed by atoms with Crippen LogP contribution in [0.15, 0.2) is 23.1 Å². The highest BCUT2D eigenvalue weighted by Gasteiger charge is 2.30. The van der Waals surface area contributed by atoms with E-state index in [1.54, 1.807) is 4.90 Å². The molecule has 2 aliphatic rings. The van der Waals surface area contributed by atoms with Crippen molar-refractivity contribution in [3.63, 3.8) is 0 Å². The van der Waals surface area contributed by atoms with Gasteiger partial charge in [-0.3, -0.25) is 4.79 Å². The van der Waals surface area contributed by atoms with Crippen LogP contribution in [0.5, 0.6) is 0 Å². The molecule has 0 spiro atoms. The number of amides is 1. The van der Waals surface area contributed by atoms with Crippen LogP contribution in [0.25, 0.3) is 0 Å². The number of benzene rings is 1. The Kier molecular flexibility index (Phi) is 6.49. The topological polar surface area (TPSA) is 69.7 Å². The summed E-state index contributed by atoms with van der Waals surface area (Å²) in [5.41, 5.74) is -0.0554. The SMILES string of the molecule is CCNCC1CCN(S(=O)(=O)c2ccc(C(=O)N3CCCC3)c(F)c2)CC1. The van der Waals surface area contributed by atoms with Gasteiger partial charge in [-0.05, 0) is 62.9 Å². The molecule has 2 aliphatic heterocycles. The van der Waals surface area contributed by atoms with Crippen molar-refractivity contribution < 1.29 is 17.6 Å². The molecule has 6 nitrogen and oxygen atoms in total. The molecule has 0 radical (unpaired) electrons. The number of halogens is 1. The molecule has 0 unspecified atom stereocenters. The van der Waals surface area contributed by atoms with E-state index in [1.807, 2.05) is 6.92 Å². The van der Waals surface area contributed by atoms with Crippen LogP contribution in [0.3, 0.4) is 0 Å². The zero-order valence-corrected chi connectivity index (χ0v) is 16.6. The molecule has 1 aromatic rings. The van der Waals surface area contributed by atoms with Crippen LogP contribution in [0.2, 0.25) is 0 Å². The predicted octanol–water partition coefficient (Wildman–Crippen LogP) is 2.07. The summed E-state index contributed by atoms with van der Waals surface area (Å²) in [5, 5.41) is 3.30. The first-order chi connectivity index (χ1) is 12.9. The second-order valence-electron chi connectivity index (χ2n) is 7.30. The third-order valence-corrected chi connectivity index (χ3v) is 7.35. The molecule has 2 fully saturated rings. The van der Waals surface area contributed by atoms with Gasteiger partial charge in [-0.25, -0.2) is 12.8 Å². The first kappa shape index (κ1) is 20.2. The van der Waals surface area contributed by atoms with Crippen molar-refractivity contribution in [1.82, 2.24) is 14.5 Å². The van der Waals surface area contributed by atoms with Crippen molar-refractivity contribution >= 4 is 15.9 Å². The summed E-state index contributed by atoms with van der Waals surface area (Å²) in [4.78, 5) is 13.9. The largest absolute Gasteiger partial charge is 0.339 e. The molecular weight excluding hydrogens is 369 g/mol. The van der Waals surface area contributed by atoms with E-state index >= 15 is 0 Å². The minimum absolute atomic E-state index is 0.0554. The lowest BCUT2D eigenvalue weighted by molar-refractivity contribution is 0.0788. The third kappa shape index (κ3) is 4.50. The Morgan fingerprint density at radius 1 is 1.19 bits per heavy atom. The zero-order chi connectivity index (χ0) is 19.4. The van der Waals surface area contributed by atoms with E-state index < -0.39 is 15.8 Å². The number of rotatable bonds is 6. The molecule has 0 aromatic heterocycles. The normalized spacial score (nSPS) is 19.6. The molecule has 1 amide bonds. The molecule has 2 heterocycles. The molecule has 0 atom stereocenters. The molecule has 1 N–H and O–H groups in total. The average Bonchev–Trinajstić information content (AvgIpc) is 3.21. The van der Waals surface area contributed by atoms with Gasteiger partial charge in [0.25, 0.3) is 5.91 Å². The van der Waals surface area contributed by atoms with Gasteiger partial charge in [-0.15, -0.1) is 0 Å². The van der Waals surface area contributed by atoms with Crippen LogP contribution in [0.1, 0.15) is 43.0 Å². The Morgan fingerprint density at radius 3 is 2.44 bits per heavy atom. The van der Waals surface area contributed by atoms with Crippen molar-refractivity contribution in [1.29, 1.82) is 0 Å². The van der Waals surface area contributed by atoms with Gasteiger partial charge in [-0.1, -0.05) is 6.92 Å². The maximum atomic E-state index is 14.5. The zero-order valence-electron chi connectivity index (χ0n) is 15.8. The summed E-state index contributed by atoms with van der Waals surface area (Å²) in [6, 6.07) is 3.65. The number of carbonyl (C=O) groups is 1. The van der Waals surface area contributed by atoms with Gasteiger partial charge >= 0.3 is 0 Å². The smallest absolute Gasteiger partial charge is 0.256 e. The number of likely N-dealkylation sites (tertiary alicyclic amines) is 1. The van der Waals surface area contributed by atoms with E-state index in [0.717, 1.165) is 44.8 Å². The van der Waals surface area contributed by atoms with Crippen molar-refractivity contribution in [3.05, 3.63) is 29.6 Å². The molecule has 27 heavy (non-hydrogen) atoms. The Balaban J connectivity index is 1.70. The quantitative estimate of drug-likeness (QED) is 0.798. The second-order valence-corrected chi connectivity index (χ2v) is 9.23. The van der Waals surface area contributed by atoms with Crippen LogP contribution in [-0.4, -0.2) is 62.8 Å². The Bertz CT molecular complexity index is 770. The van der Waals surface area contributed by atoms with Crippen LogP contribution in [0.4, 0.5) is 4.39 Å². The molecule has 0 saturated carbocycles. The molecule has 3 rings (SSSR count). The van der Waals surface area contributed by atoms with Crippen LogP contribution in [-0.2, 0) is 10.0 Å². The van der Waals surface area contributed by atoms with Crippen LogP contribution >= 0.6 is 0 Å². The van der Waals surface area contributed by atoms with Gasteiger partial charge in [-0.2, -0.15) is 4.31 Å². The highest BCUT2D eigenvalue weighted by molar-refractivity contribution is 7.89. The van der Waals surface area contributed by atoms with Gasteiger partial charge in [0.15, 0.2) is 0 Å². The van der Waals surface area contributed by atoms with Gasteiger partial charge in [0.05, 0.1) is 10.5 Å². The van der Waals surface area contributed by atoms with E-state index in [-0.39, 0.29) is 16.4 Å². The van der Waals surface area contributed by atoms with E-state index in [1.165, 1.54) is 16.4 Å². The highest BCUT2D eigenvalue weighted by atomic mass is 32.2. The standard InChI is InChI=1S/C19H28FN3O3S/c1-2-21-14-15-7-11-23(12-8-15)27(25,26)16-5-6-17(18(20)13-16)19(24)22-9-3-4-10-22/h5-6,13,15,21H,2-4,7-12,14H2,1H3. The summed E-state index contributed by atoms with van der Waals surface area (Å²) in [6.07, 6.45) is 3.42. The fourth-order valence-corrected chi connectivity index (χ4v) is 5.25. The first-order valence-corrected chi connectivity index (χ1v) is 11.2. The Hall–Kier alpha value is -1.51. The molecule has 0 bridgehead atoms. The number of nitrogens with zero attached hydrogens (tertiary/aromatic N) is 2. The number of piperidine rings is 1. The van der Waals surface area contributed by atoms with Crippen molar-refractivity contribution in [2.24, 2.45) is 5.92 Å². The minimum Gasteiger partial charge on any atom is -0.339 e. The number of sulfonamides is 1. The van der Waals surface area contributed by atoms with Crippen LogP contribution < -0.4 is 5.32 Å². The monoisotopic (exact) mass is 397 g/mol. The molecule has 2 saturated heterocycles. The Morgan fingerprint density at radius 2 is 1.85 bits per heavy atom. The number of hydrogen-bond acceptors (Lipinski definition) is 4. The lowest BCUT2D eigenvalue weighted by Gasteiger charge is -2.31. The van der Waals surface area contributed by atoms with Gasteiger partial charge in [0.1, 0.15) is 5.82 Å². The molecule has 8 heteroatoms. The summed E-state index contributed by atoms with van der Waals surface area (Å²) < 4.78 is 41.6. The van der Waals surface area contributed by atoms with Crippen LogP contribution in [0, 0.1) is 11.7 Å². The van der Waals surface area contributed by atoms with E-state index in [4.69, 9.17) is 0 Å². The lowest BCUT2D eigenvalue weighted by Crippen LogP contribution is -2.40. The summed E-state index contributed by atoms with van der Waals surface area (Å²) in [6.45, 7) is 5.97. The van der Waals surface area contributed by atoms with E-state index in [0.29, 0.717) is 32.1 Å². The number of hydrogen-bond donors (Lipinski definition) is 1. The van der Waals surface area contributed by atoms with Crippen molar-refractivity contribution in [2.75, 3.05) is 39.3 Å². The predicted molar refractivity (Wildman–Crippen MR) is 102 cm³/mol. The lowest BCUT2D eigenvalue weighted by atomic mass is 9.98. The first-order valence-electron chi connectivity index (χ1n) is 9.73. The van der Waals surface area contributed by atoms with Gasteiger partial charge in [0.2, 0.25) is 10.0 Å². The summed E-state index contributed by atoms with van der Waals surface area (Å²) in [5.74, 6) is -0.665. The minimum atomic E-state index is -3.74. The highest BCUT2D eigenvalue weighted by Crippen LogP contribution is 2.25. The molecule has 1 aromatic carbocycles. The summed E-state index contributed by atoms with van der Waals surface area (Å²) in [7, 11) is -3.74. The third-order valence-electron chi connectivity index (χ3n) is 5.46. The van der Waals surface area contributed by atoms with Gasteiger partial charge < -0.3 is 10.2 Å². The fourth-order valence-electron chi connectivity index (χ4n) is 3.77. The van der Waals surface area contributed by atoms with Crippen molar-refractivity contribution in [2.45, 2.75) is 37.5 Å². The molecule has 150 valence electrons. The fraction of sp³-hybridized carbons (Fsp3) is 0.632. The maximum absolute atomic E-state index is 14.5. The second kappa shape index (κ2) is 8.67. The van der Waals surface area contributed by atoms with E-state index in [9.17, 15) is 17.6 Å². The Labute approximate surface area is 160 Å². The average molecular weight is 398 g/mol. The molecular formula is C19H28FN3O3S. The summed E-state index contributed by atoms with van der Waals surface area (Å²) >= 11 is 0. The van der Waals surface area contributed by atoms with Gasteiger partial charge in [0, 0.05) is 26.2 Å². The number of nitrogens with one attached hydrogen (secondary N) is 1.